The Kier molecular flexibility index (Phi) is 4.93. The Morgan fingerprint density at radius 3 is 2.06 bits per heavy atom. The predicted octanol–water partition coefficient (Wildman–Crippen LogP) is 2.56. The summed E-state index contributed by atoms with van der Waals surface area (Å²) in [7, 11) is -3.38. The highest BCUT2D eigenvalue weighted by Gasteiger charge is 2.35. The maximum atomic E-state index is 12.6. The van der Waals surface area contributed by atoms with Crippen molar-refractivity contribution in [1.82, 2.24) is 5.32 Å². The minimum atomic E-state index is -3.38. The first-order chi connectivity index (χ1) is 7.85. The summed E-state index contributed by atoms with van der Waals surface area (Å²) in [5.74, 6) is -0.293. The number of nitrogens with one attached hydrogen (secondary N) is 1. The monoisotopic (exact) mass is 255 g/mol. The summed E-state index contributed by atoms with van der Waals surface area (Å²) in [6.45, 7) is 7.90. The van der Waals surface area contributed by atoms with E-state index in [1.54, 1.807) is 24.3 Å². The van der Waals surface area contributed by atoms with E-state index >= 15 is 0 Å². The second-order valence-corrected chi connectivity index (χ2v) is 7.29. The highest BCUT2D eigenvalue weighted by Crippen LogP contribution is 2.46. The molecule has 0 aliphatic rings. The van der Waals surface area contributed by atoms with E-state index in [0.29, 0.717) is 5.30 Å². The van der Waals surface area contributed by atoms with Crippen molar-refractivity contribution in [2.24, 2.45) is 5.92 Å². The molecule has 0 saturated heterocycles. The second-order valence-electron chi connectivity index (χ2n) is 4.97. The maximum absolute atomic E-state index is 12.6. The molecule has 3 nitrogen and oxygen atoms in total. The van der Waals surface area contributed by atoms with Gasteiger partial charge in [0.05, 0.1) is 5.78 Å². The van der Waals surface area contributed by atoms with Crippen molar-refractivity contribution in [2.45, 2.75) is 39.5 Å². The molecule has 96 valence electrons. The molecule has 4 heteroatoms. The lowest BCUT2D eigenvalue weighted by Gasteiger charge is -2.29. The summed E-state index contributed by atoms with van der Waals surface area (Å²) >= 11 is 0. The summed E-state index contributed by atoms with van der Waals surface area (Å²) in [6, 6.07) is 9.07. The van der Waals surface area contributed by atoms with Crippen LogP contribution in [0.15, 0.2) is 30.3 Å². The van der Waals surface area contributed by atoms with Crippen LogP contribution in [0.3, 0.4) is 0 Å². The zero-order chi connectivity index (χ0) is 13.1. The van der Waals surface area contributed by atoms with E-state index in [1.807, 2.05) is 33.8 Å². The van der Waals surface area contributed by atoms with Gasteiger partial charge in [-0.05, 0) is 18.1 Å². The molecule has 0 aromatic heterocycles. The third-order valence-electron chi connectivity index (χ3n) is 2.64. The van der Waals surface area contributed by atoms with Crippen molar-refractivity contribution in [1.29, 1.82) is 0 Å². The lowest BCUT2D eigenvalue weighted by Crippen LogP contribution is -2.40. The van der Waals surface area contributed by atoms with Gasteiger partial charge in [0.15, 0.2) is 0 Å². The fraction of sp³-hybridized carbons (Fsp3) is 0.538. The minimum Gasteiger partial charge on any atom is -0.340 e. The van der Waals surface area contributed by atoms with Crippen molar-refractivity contribution in [2.75, 3.05) is 0 Å². The van der Waals surface area contributed by atoms with Gasteiger partial charge in [-0.3, -0.25) is 4.57 Å². The Morgan fingerprint density at radius 1 is 1.12 bits per heavy atom. The van der Waals surface area contributed by atoms with Crippen molar-refractivity contribution in [3.63, 3.8) is 0 Å². The minimum absolute atomic E-state index is 0.105. The van der Waals surface area contributed by atoms with Crippen LogP contribution in [0.5, 0.6) is 0 Å². The van der Waals surface area contributed by atoms with Crippen LogP contribution in [-0.2, 0) is 4.57 Å². The molecule has 17 heavy (non-hydrogen) atoms. The van der Waals surface area contributed by atoms with Crippen LogP contribution in [0.2, 0.25) is 0 Å². The zero-order valence-corrected chi connectivity index (χ0v) is 11.8. The first-order valence-electron chi connectivity index (χ1n) is 6.00. The van der Waals surface area contributed by atoms with E-state index in [0.717, 1.165) is 0 Å². The predicted molar refractivity (Wildman–Crippen MR) is 72.8 cm³/mol. The third-order valence-corrected chi connectivity index (χ3v) is 5.18. The number of benzene rings is 1. The average molecular weight is 255 g/mol. The van der Waals surface area contributed by atoms with Gasteiger partial charge in [-0.25, -0.2) is 0 Å². The van der Waals surface area contributed by atoms with Gasteiger partial charge in [-0.15, -0.1) is 0 Å². The number of hydrogen-bond donors (Lipinski definition) is 2. The van der Waals surface area contributed by atoms with Gasteiger partial charge in [0, 0.05) is 11.3 Å². The smallest absolute Gasteiger partial charge is 0.246 e. The van der Waals surface area contributed by atoms with Crippen LogP contribution in [0.25, 0.3) is 0 Å². The van der Waals surface area contributed by atoms with Crippen LogP contribution in [0.4, 0.5) is 0 Å². The summed E-state index contributed by atoms with van der Waals surface area (Å²) in [6.07, 6.45) is 0. The van der Waals surface area contributed by atoms with Crippen LogP contribution in [0, 0.1) is 5.92 Å². The molecule has 0 radical (unpaired) electrons. The van der Waals surface area contributed by atoms with Crippen molar-refractivity contribution in [3.05, 3.63) is 30.3 Å². The highest BCUT2D eigenvalue weighted by atomic mass is 31.2. The summed E-state index contributed by atoms with van der Waals surface area (Å²) in [5.41, 5.74) is 0. The summed E-state index contributed by atoms with van der Waals surface area (Å²) < 4.78 is 12.6. The Bertz CT molecular complexity index is 390. The van der Waals surface area contributed by atoms with Crippen LogP contribution in [-0.4, -0.2) is 16.7 Å². The van der Waals surface area contributed by atoms with E-state index in [2.05, 4.69) is 5.32 Å². The van der Waals surface area contributed by atoms with Gasteiger partial charge in [0.2, 0.25) is 7.37 Å². The van der Waals surface area contributed by atoms with Gasteiger partial charge in [0.25, 0.3) is 0 Å². The molecule has 0 spiro atoms. The number of rotatable bonds is 5. The van der Waals surface area contributed by atoms with Crippen molar-refractivity contribution >= 4 is 12.7 Å². The Hall–Kier alpha value is -0.630. The van der Waals surface area contributed by atoms with Gasteiger partial charge in [-0.2, -0.15) is 0 Å². The quantitative estimate of drug-likeness (QED) is 0.795. The summed E-state index contributed by atoms with van der Waals surface area (Å²) in [5, 5.41) is 3.73. The molecule has 2 unspecified atom stereocenters. The maximum Gasteiger partial charge on any atom is 0.246 e. The molecule has 0 saturated carbocycles. The van der Waals surface area contributed by atoms with Gasteiger partial charge in [0.1, 0.15) is 0 Å². The van der Waals surface area contributed by atoms with E-state index in [-0.39, 0.29) is 12.0 Å². The molecule has 1 rings (SSSR count). The molecular formula is C13H22NO2P. The Morgan fingerprint density at radius 2 is 1.65 bits per heavy atom. The number of hydrogen-bond acceptors (Lipinski definition) is 2. The highest BCUT2D eigenvalue weighted by molar-refractivity contribution is 7.66. The molecule has 0 amide bonds. The molecule has 0 aliphatic heterocycles. The molecule has 1 aromatic carbocycles. The lowest BCUT2D eigenvalue weighted by atomic mass is 10.2. The zero-order valence-electron chi connectivity index (χ0n) is 10.9. The molecule has 0 bridgehead atoms. The van der Waals surface area contributed by atoms with E-state index < -0.39 is 13.2 Å². The normalized spacial score (nSPS) is 17.1. The standard InChI is InChI=1S/C13H22NO2P/c1-10(2)13(14-11(3)4)17(15,16)12-8-6-5-7-9-12/h5-11,13-14H,1-4H3,(H,15,16). The van der Waals surface area contributed by atoms with E-state index in [9.17, 15) is 9.46 Å². The van der Waals surface area contributed by atoms with Gasteiger partial charge in [-0.1, -0.05) is 45.9 Å². The molecule has 2 atom stereocenters. The van der Waals surface area contributed by atoms with Crippen molar-refractivity contribution in [3.8, 4) is 0 Å². The van der Waals surface area contributed by atoms with Crippen LogP contribution in [0.1, 0.15) is 27.7 Å². The Balaban J connectivity index is 3.05. The van der Waals surface area contributed by atoms with Crippen LogP contribution >= 0.6 is 7.37 Å². The topological polar surface area (TPSA) is 49.3 Å². The Labute approximate surface area is 104 Å². The molecule has 2 N–H and O–H groups in total. The molecule has 1 aromatic rings. The summed E-state index contributed by atoms with van der Waals surface area (Å²) in [4.78, 5) is 10.4. The first kappa shape index (κ1) is 14.4. The average Bonchev–Trinajstić information content (AvgIpc) is 2.26. The van der Waals surface area contributed by atoms with E-state index in [1.165, 1.54) is 0 Å². The second kappa shape index (κ2) is 5.81. The molecular weight excluding hydrogens is 233 g/mol. The SMILES string of the molecule is CC(C)NC(C(C)C)P(=O)(O)c1ccccc1. The fourth-order valence-electron chi connectivity index (χ4n) is 1.84. The first-order valence-corrected chi connectivity index (χ1v) is 7.72. The largest absolute Gasteiger partial charge is 0.340 e. The van der Waals surface area contributed by atoms with Crippen LogP contribution < -0.4 is 10.6 Å². The van der Waals surface area contributed by atoms with E-state index in [4.69, 9.17) is 0 Å². The lowest BCUT2D eigenvalue weighted by molar-refractivity contribution is 0.398. The van der Waals surface area contributed by atoms with Gasteiger partial charge < -0.3 is 10.2 Å². The molecule has 0 fully saturated rings. The van der Waals surface area contributed by atoms with Crippen molar-refractivity contribution < 1.29 is 9.46 Å². The molecule has 0 aliphatic carbocycles. The van der Waals surface area contributed by atoms with Gasteiger partial charge >= 0.3 is 0 Å². The third kappa shape index (κ3) is 3.67. The molecule has 0 heterocycles. The fourth-order valence-corrected chi connectivity index (χ4v) is 4.07.